The molecule has 23 heavy (non-hydrogen) atoms. The maximum atomic E-state index is 5.51. The molecule has 0 radical (unpaired) electrons. The molecule has 126 valence electrons. The van der Waals surface area contributed by atoms with Crippen LogP contribution in [0.5, 0.6) is 0 Å². The van der Waals surface area contributed by atoms with E-state index in [4.69, 9.17) is 4.52 Å². The van der Waals surface area contributed by atoms with Crippen molar-refractivity contribution in [2.45, 2.75) is 59.0 Å². The average Bonchev–Trinajstić information content (AvgIpc) is 3.16. The van der Waals surface area contributed by atoms with Crippen LogP contribution in [0.15, 0.2) is 10.9 Å². The molecule has 3 heterocycles. The fraction of sp³-hybridized carbons (Fsp3) is 0.750. The summed E-state index contributed by atoms with van der Waals surface area (Å²) in [5, 5.41) is 8.37. The van der Waals surface area contributed by atoms with E-state index in [1.165, 1.54) is 0 Å². The Morgan fingerprint density at radius 3 is 3.04 bits per heavy atom. The van der Waals surface area contributed by atoms with Gasteiger partial charge in [0, 0.05) is 19.5 Å². The van der Waals surface area contributed by atoms with Crippen LogP contribution in [0, 0.1) is 5.92 Å². The minimum Gasteiger partial charge on any atom is -0.339 e. The summed E-state index contributed by atoms with van der Waals surface area (Å²) in [5.41, 5.74) is 0. The van der Waals surface area contributed by atoms with E-state index in [-0.39, 0.29) is 0 Å². The van der Waals surface area contributed by atoms with Gasteiger partial charge >= 0.3 is 0 Å². The second-order valence-electron chi connectivity index (χ2n) is 6.71. The molecule has 0 N–H and O–H groups in total. The quantitative estimate of drug-likeness (QED) is 0.813. The molecule has 0 amide bonds. The van der Waals surface area contributed by atoms with Gasteiger partial charge in [-0.3, -0.25) is 4.90 Å². The minimum atomic E-state index is 0.329. The molecular weight excluding hydrogens is 292 g/mol. The predicted molar refractivity (Wildman–Crippen MR) is 85.8 cm³/mol. The SMILES string of the molecule is CCn1ncnc1CN1CCCC(c2nc(CC(C)C)no2)C1. The van der Waals surface area contributed by atoms with Crippen molar-refractivity contribution in [3.05, 3.63) is 23.9 Å². The van der Waals surface area contributed by atoms with Gasteiger partial charge in [0.1, 0.15) is 12.2 Å². The lowest BCUT2D eigenvalue weighted by molar-refractivity contribution is 0.174. The smallest absolute Gasteiger partial charge is 0.231 e. The molecule has 1 fully saturated rings. The lowest BCUT2D eigenvalue weighted by Gasteiger charge is -2.30. The number of hydrogen-bond acceptors (Lipinski definition) is 6. The van der Waals surface area contributed by atoms with Crippen molar-refractivity contribution in [3.8, 4) is 0 Å². The topological polar surface area (TPSA) is 72.9 Å². The van der Waals surface area contributed by atoms with Gasteiger partial charge in [0.2, 0.25) is 5.89 Å². The molecule has 0 bridgehead atoms. The van der Waals surface area contributed by atoms with Gasteiger partial charge in [0.25, 0.3) is 0 Å². The van der Waals surface area contributed by atoms with Crippen molar-refractivity contribution >= 4 is 0 Å². The van der Waals surface area contributed by atoms with Gasteiger partial charge in [0.15, 0.2) is 5.82 Å². The summed E-state index contributed by atoms with van der Waals surface area (Å²) in [7, 11) is 0. The second kappa shape index (κ2) is 7.21. The maximum absolute atomic E-state index is 5.51. The highest BCUT2D eigenvalue weighted by molar-refractivity contribution is 4.98. The maximum Gasteiger partial charge on any atom is 0.231 e. The van der Waals surface area contributed by atoms with E-state index in [0.29, 0.717) is 11.8 Å². The van der Waals surface area contributed by atoms with E-state index in [9.17, 15) is 0 Å². The van der Waals surface area contributed by atoms with Gasteiger partial charge in [-0.1, -0.05) is 19.0 Å². The number of rotatable bonds is 6. The van der Waals surface area contributed by atoms with Crippen LogP contribution in [0.25, 0.3) is 0 Å². The third kappa shape index (κ3) is 3.96. The van der Waals surface area contributed by atoms with Crippen LogP contribution in [0.3, 0.4) is 0 Å². The minimum absolute atomic E-state index is 0.329. The molecule has 7 nitrogen and oxygen atoms in total. The van der Waals surface area contributed by atoms with E-state index in [1.807, 2.05) is 4.68 Å². The van der Waals surface area contributed by atoms with Crippen molar-refractivity contribution in [2.24, 2.45) is 5.92 Å². The van der Waals surface area contributed by atoms with E-state index < -0.39 is 0 Å². The molecule has 1 aliphatic heterocycles. The van der Waals surface area contributed by atoms with Crippen LogP contribution < -0.4 is 0 Å². The Labute approximate surface area is 137 Å². The second-order valence-corrected chi connectivity index (χ2v) is 6.71. The number of aromatic nitrogens is 5. The third-order valence-electron chi connectivity index (χ3n) is 4.29. The molecule has 0 aliphatic carbocycles. The van der Waals surface area contributed by atoms with E-state index in [0.717, 1.165) is 63.0 Å². The highest BCUT2D eigenvalue weighted by Crippen LogP contribution is 2.26. The van der Waals surface area contributed by atoms with Crippen LogP contribution >= 0.6 is 0 Å². The molecule has 7 heteroatoms. The summed E-state index contributed by atoms with van der Waals surface area (Å²) in [5.74, 6) is 3.53. The van der Waals surface area contributed by atoms with Gasteiger partial charge in [-0.15, -0.1) is 0 Å². The van der Waals surface area contributed by atoms with Crippen LogP contribution in [0.4, 0.5) is 0 Å². The van der Waals surface area contributed by atoms with Crippen LogP contribution in [0.1, 0.15) is 57.1 Å². The lowest BCUT2D eigenvalue weighted by Crippen LogP contribution is -2.35. The molecule has 1 unspecified atom stereocenters. The Hall–Kier alpha value is -1.76. The molecule has 0 aromatic carbocycles. The molecule has 0 saturated carbocycles. The Morgan fingerprint density at radius 2 is 2.26 bits per heavy atom. The summed E-state index contributed by atoms with van der Waals surface area (Å²) in [4.78, 5) is 11.4. The highest BCUT2D eigenvalue weighted by Gasteiger charge is 2.26. The van der Waals surface area contributed by atoms with Gasteiger partial charge < -0.3 is 4.52 Å². The molecule has 3 rings (SSSR count). The first-order chi connectivity index (χ1) is 11.2. The van der Waals surface area contributed by atoms with E-state index >= 15 is 0 Å². The summed E-state index contributed by atoms with van der Waals surface area (Å²) < 4.78 is 7.47. The molecular formula is C16H26N6O. The molecule has 2 aromatic heterocycles. The standard InChI is InChI=1S/C16H26N6O/c1-4-22-15(17-11-18-22)10-21-7-5-6-13(9-21)16-19-14(20-23-16)8-12(2)3/h11-13H,4-10H2,1-3H3. The molecule has 2 aromatic rings. The normalized spacial score (nSPS) is 19.6. The summed E-state index contributed by atoms with van der Waals surface area (Å²) in [6, 6.07) is 0. The van der Waals surface area contributed by atoms with Crippen LogP contribution in [-0.4, -0.2) is 42.9 Å². The summed E-state index contributed by atoms with van der Waals surface area (Å²) in [6.45, 7) is 10.1. The van der Waals surface area contributed by atoms with Crippen molar-refractivity contribution in [2.75, 3.05) is 13.1 Å². The van der Waals surface area contributed by atoms with Crippen LogP contribution in [-0.2, 0) is 19.5 Å². The van der Waals surface area contributed by atoms with Crippen molar-refractivity contribution < 1.29 is 4.52 Å². The molecule has 0 spiro atoms. The number of hydrogen-bond donors (Lipinski definition) is 0. The average molecular weight is 318 g/mol. The Balaban J connectivity index is 1.62. The van der Waals surface area contributed by atoms with Crippen molar-refractivity contribution in [3.63, 3.8) is 0 Å². The first-order valence-electron chi connectivity index (χ1n) is 8.57. The zero-order chi connectivity index (χ0) is 16.2. The van der Waals surface area contributed by atoms with Crippen molar-refractivity contribution in [1.82, 2.24) is 29.8 Å². The Morgan fingerprint density at radius 1 is 1.39 bits per heavy atom. The number of likely N-dealkylation sites (tertiary alicyclic amines) is 1. The monoisotopic (exact) mass is 318 g/mol. The van der Waals surface area contributed by atoms with Crippen molar-refractivity contribution in [1.29, 1.82) is 0 Å². The van der Waals surface area contributed by atoms with E-state index in [1.54, 1.807) is 6.33 Å². The largest absolute Gasteiger partial charge is 0.339 e. The number of aryl methyl sites for hydroxylation is 1. The fourth-order valence-corrected chi connectivity index (χ4v) is 3.16. The van der Waals surface area contributed by atoms with E-state index in [2.05, 4.69) is 45.9 Å². The molecule has 1 saturated heterocycles. The Kier molecular flexibility index (Phi) is 5.05. The first-order valence-corrected chi connectivity index (χ1v) is 8.57. The van der Waals surface area contributed by atoms with Gasteiger partial charge in [-0.2, -0.15) is 10.1 Å². The number of nitrogens with zero attached hydrogens (tertiary/aromatic N) is 6. The third-order valence-corrected chi connectivity index (χ3v) is 4.29. The van der Waals surface area contributed by atoms with Gasteiger partial charge in [-0.05, 0) is 32.2 Å². The zero-order valence-electron chi connectivity index (χ0n) is 14.3. The summed E-state index contributed by atoms with van der Waals surface area (Å²) in [6.07, 6.45) is 4.77. The predicted octanol–water partition coefficient (Wildman–Crippen LogP) is 2.26. The van der Waals surface area contributed by atoms with Crippen LogP contribution in [0.2, 0.25) is 0 Å². The Bertz CT molecular complexity index is 620. The highest BCUT2D eigenvalue weighted by atomic mass is 16.5. The molecule has 1 aliphatic rings. The van der Waals surface area contributed by atoms with Gasteiger partial charge in [-0.25, -0.2) is 9.67 Å². The number of piperidine rings is 1. The summed E-state index contributed by atoms with van der Waals surface area (Å²) >= 11 is 0. The zero-order valence-corrected chi connectivity index (χ0v) is 14.3. The first kappa shape index (κ1) is 16.1. The lowest BCUT2D eigenvalue weighted by atomic mass is 9.98. The van der Waals surface area contributed by atoms with Gasteiger partial charge in [0.05, 0.1) is 12.5 Å². The molecule has 1 atom stereocenters. The fourth-order valence-electron chi connectivity index (χ4n) is 3.16.